The molecule has 0 aliphatic heterocycles. The number of esters is 1. The lowest BCUT2D eigenvalue weighted by molar-refractivity contribution is -0.147. The van der Waals surface area contributed by atoms with Crippen LogP contribution in [-0.2, 0) is 30.3 Å². The molecule has 3 atom stereocenters. The summed E-state index contributed by atoms with van der Waals surface area (Å²) in [5, 5.41) is 14.2. The van der Waals surface area contributed by atoms with Crippen LogP contribution in [0.25, 0.3) is 0 Å². The maximum atomic E-state index is 13.4. The van der Waals surface area contributed by atoms with E-state index in [0.29, 0.717) is 5.56 Å². The third kappa shape index (κ3) is 7.73. The van der Waals surface area contributed by atoms with E-state index in [-0.39, 0.29) is 19.4 Å². The summed E-state index contributed by atoms with van der Waals surface area (Å²) in [6.07, 6.45) is -0.221. The molecule has 2 amide bonds. The van der Waals surface area contributed by atoms with Crippen LogP contribution in [-0.4, -0.2) is 47.6 Å². The minimum absolute atomic E-state index is 0.0260. The van der Waals surface area contributed by atoms with Crippen LogP contribution in [0, 0.1) is 11.7 Å². The highest BCUT2D eigenvalue weighted by atomic mass is 19.1. The highest BCUT2D eigenvalue weighted by Crippen LogP contribution is 2.12. The molecule has 8 nitrogen and oxygen atoms in total. The molecule has 0 radical (unpaired) electrons. The van der Waals surface area contributed by atoms with Crippen LogP contribution in [0.4, 0.5) is 4.39 Å². The average molecular weight is 396 g/mol. The van der Waals surface area contributed by atoms with Gasteiger partial charge in [0.05, 0.1) is 13.0 Å². The molecular weight excluding hydrogens is 371 g/mol. The zero-order valence-electron chi connectivity index (χ0n) is 16.0. The molecule has 0 spiro atoms. The van der Waals surface area contributed by atoms with Gasteiger partial charge in [-0.15, -0.1) is 0 Å². The van der Waals surface area contributed by atoms with Gasteiger partial charge in [0.25, 0.3) is 0 Å². The van der Waals surface area contributed by atoms with Crippen molar-refractivity contribution in [3.8, 4) is 0 Å². The van der Waals surface area contributed by atoms with E-state index in [4.69, 9.17) is 4.74 Å². The molecule has 0 aliphatic rings. The zero-order valence-corrected chi connectivity index (χ0v) is 16.0. The van der Waals surface area contributed by atoms with Crippen LogP contribution in [0.2, 0.25) is 0 Å². The summed E-state index contributed by atoms with van der Waals surface area (Å²) in [5.41, 5.74) is 0.459. The van der Waals surface area contributed by atoms with Crippen LogP contribution in [0.5, 0.6) is 0 Å². The van der Waals surface area contributed by atoms with Crippen molar-refractivity contribution in [2.75, 3.05) is 6.61 Å². The molecule has 9 heteroatoms. The Morgan fingerprint density at radius 2 is 1.89 bits per heavy atom. The number of amides is 2. The lowest BCUT2D eigenvalue weighted by Crippen LogP contribution is -2.54. The van der Waals surface area contributed by atoms with E-state index in [1.807, 2.05) is 0 Å². The van der Waals surface area contributed by atoms with E-state index < -0.39 is 47.6 Å². The van der Waals surface area contributed by atoms with Gasteiger partial charge in [-0.25, -0.2) is 9.18 Å². The predicted molar refractivity (Wildman–Crippen MR) is 97.7 cm³/mol. The van der Waals surface area contributed by atoms with Gasteiger partial charge in [-0.05, 0) is 30.5 Å². The number of carbonyl (C=O) groups excluding carboxylic acids is 3. The van der Waals surface area contributed by atoms with E-state index in [9.17, 15) is 28.7 Å². The normalized spacial score (nSPS) is 13.7. The summed E-state index contributed by atoms with van der Waals surface area (Å²) < 4.78 is 18.2. The van der Waals surface area contributed by atoms with Crippen molar-refractivity contribution < 1.29 is 33.4 Å². The van der Waals surface area contributed by atoms with E-state index in [1.54, 1.807) is 13.0 Å². The second-order valence-electron chi connectivity index (χ2n) is 6.40. The fourth-order valence-corrected chi connectivity index (χ4v) is 2.66. The summed E-state index contributed by atoms with van der Waals surface area (Å²) in [6, 6.07) is 3.06. The summed E-state index contributed by atoms with van der Waals surface area (Å²) in [4.78, 5) is 47.2. The predicted octanol–water partition coefficient (Wildman–Crippen LogP) is 1.03. The first-order valence-corrected chi connectivity index (χ1v) is 8.84. The van der Waals surface area contributed by atoms with Crippen molar-refractivity contribution in [1.29, 1.82) is 0 Å². The Kier molecular flexibility index (Phi) is 9.07. The Morgan fingerprint density at radius 1 is 1.21 bits per heavy atom. The van der Waals surface area contributed by atoms with Crippen molar-refractivity contribution in [3.63, 3.8) is 0 Å². The molecule has 0 fully saturated rings. The number of carbonyl (C=O) groups is 4. The Labute approximate surface area is 162 Å². The number of carboxylic acid groups (broad SMARTS) is 1. The van der Waals surface area contributed by atoms with Gasteiger partial charge in [-0.3, -0.25) is 14.4 Å². The van der Waals surface area contributed by atoms with Crippen molar-refractivity contribution in [2.45, 2.75) is 45.7 Å². The van der Waals surface area contributed by atoms with Gasteiger partial charge >= 0.3 is 11.9 Å². The third-order valence-electron chi connectivity index (χ3n) is 3.95. The minimum Gasteiger partial charge on any atom is -0.480 e. The van der Waals surface area contributed by atoms with Crippen molar-refractivity contribution in [2.24, 2.45) is 5.92 Å². The van der Waals surface area contributed by atoms with Gasteiger partial charge in [0.2, 0.25) is 11.8 Å². The fourth-order valence-electron chi connectivity index (χ4n) is 2.66. The molecule has 0 saturated carbocycles. The maximum absolute atomic E-state index is 13.4. The SMILES string of the molecule is CCOC(=O)C[C@@H](C)[C@@H](NC(=O)[C@@H](Cc1cccc(F)c1)NC(C)=O)C(=O)O. The second kappa shape index (κ2) is 11.0. The molecule has 0 heterocycles. The van der Waals surface area contributed by atoms with Crippen LogP contribution in [0.15, 0.2) is 24.3 Å². The highest BCUT2D eigenvalue weighted by molar-refractivity contribution is 5.90. The number of hydrogen-bond acceptors (Lipinski definition) is 5. The van der Waals surface area contributed by atoms with E-state index in [2.05, 4.69) is 10.6 Å². The molecule has 0 aromatic heterocycles. The van der Waals surface area contributed by atoms with E-state index >= 15 is 0 Å². The highest BCUT2D eigenvalue weighted by Gasteiger charge is 2.31. The van der Waals surface area contributed by atoms with E-state index in [1.165, 1.54) is 32.0 Å². The molecule has 1 rings (SSSR count). The third-order valence-corrected chi connectivity index (χ3v) is 3.95. The van der Waals surface area contributed by atoms with Gasteiger partial charge in [0, 0.05) is 13.3 Å². The summed E-state index contributed by atoms with van der Waals surface area (Å²) in [6.45, 7) is 4.50. The van der Waals surface area contributed by atoms with Crippen molar-refractivity contribution in [1.82, 2.24) is 10.6 Å². The van der Waals surface area contributed by atoms with Crippen LogP contribution < -0.4 is 10.6 Å². The number of carboxylic acids is 1. The Hall–Kier alpha value is -2.97. The smallest absolute Gasteiger partial charge is 0.326 e. The Balaban J connectivity index is 2.91. The number of nitrogens with one attached hydrogen (secondary N) is 2. The lowest BCUT2D eigenvalue weighted by atomic mass is 9.97. The molecule has 1 aromatic carbocycles. The summed E-state index contributed by atoms with van der Waals surface area (Å²) >= 11 is 0. The fraction of sp³-hybridized carbons (Fsp3) is 0.474. The monoisotopic (exact) mass is 396 g/mol. The average Bonchev–Trinajstić information content (AvgIpc) is 2.58. The van der Waals surface area contributed by atoms with Gasteiger partial charge in [-0.2, -0.15) is 0 Å². The number of aliphatic carboxylic acids is 1. The standard InChI is InChI=1S/C19H25FN2O6/c1-4-28-16(24)8-11(2)17(19(26)27)22-18(25)15(21-12(3)23)10-13-6-5-7-14(20)9-13/h5-7,9,11,15,17H,4,8,10H2,1-3H3,(H,21,23)(H,22,25)(H,26,27)/t11-,15-,17-/m1/s1. The molecule has 3 N–H and O–H groups in total. The maximum Gasteiger partial charge on any atom is 0.326 e. The van der Waals surface area contributed by atoms with Crippen LogP contribution in [0.1, 0.15) is 32.8 Å². The first-order valence-electron chi connectivity index (χ1n) is 8.84. The number of halogens is 1. The topological polar surface area (TPSA) is 122 Å². The molecule has 154 valence electrons. The molecular formula is C19H25FN2O6. The zero-order chi connectivity index (χ0) is 21.3. The van der Waals surface area contributed by atoms with Gasteiger partial charge in [0.15, 0.2) is 0 Å². The quantitative estimate of drug-likeness (QED) is 0.508. The number of ether oxygens (including phenoxy) is 1. The Bertz CT molecular complexity index is 724. The van der Waals surface area contributed by atoms with Gasteiger partial charge < -0.3 is 20.5 Å². The molecule has 0 unspecified atom stereocenters. The lowest BCUT2D eigenvalue weighted by Gasteiger charge is -2.24. The van der Waals surface area contributed by atoms with Gasteiger partial charge in [-0.1, -0.05) is 19.1 Å². The minimum atomic E-state index is -1.36. The van der Waals surface area contributed by atoms with Crippen LogP contribution >= 0.6 is 0 Å². The molecule has 0 aliphatic carbocycles. The number of benzene rings is 1. The van der Waals surface area contributed by atoms with Crippen LogP contribution in [0.3, 0.4) is 0 Å². The van der Waals surface area contributed by atoms with Crippen molar-refractivity contribution in [3.05, 3.63) is 35.6 Å². The Morgan fingerprint density at radius 3 is 2.43 bits per heavy atom. The first-order chi connectivity index (χ1) is 13.1. The van der Waals surface area contributed by atoms with Gasteiger partial charge in [0.1, 0.15) is 17.9 Å². The largest absolute Gasteiger partial charge is 0.480 e. The summed E-state index contributed by atoms with van der Waals surface area (Å²) in [7, 11) is 0. The second-order valence-corrected chi connectivity index (χ2v) is 6.40. The molecule has 1 aromatic rings. The molecule has 28 heavy (non-hydrogen) atoms. The van der Waals surface area contributed by atoms with E-state index in [0.717, 1.165) is 0 Å². The number of hydrogen-bond donors (Lipinski definition) is 3. The number of rotatable bonds is 10. The molecule has 0 saturated heterocycles. The molecule has 0 bridgehead atoms. The van der Waals surface area contributed by atoms with Crippen molar-refractivity contribution >= 4 is 23.8 Å². The first kappa shape index (κ1) is 23.1. The summed E-state index contributed by atoms with van der Waals surface area (Å²) in [5.74, 6) is -4.38.